The molecule has 0 unspecified atom stereocenters. The average molecular weight is 1050 g/mol. The summed E-state index contributed by atoms with van der Waals surface area (Å²) < 4.78 is 62.0. The van der Waals surface area contributed by atoms with Crippen molar-refractivity contribution in [2.45, 2.75) is 125 Å². The number of para-hydroxylation sites is 1. The van der Waals surface area contributed by atoms with E-state index in [4.69, 9.17) is 28.7 Å². The second-order valence-corrected chi connectivity index (χ2v) is 24.1. The molecule has 0 bridgehead atoms. The molecule has 4 N–H and O–H groups in total. The number of nitrogens with one attached hydrogen (secondary N) is 3. The van der Waals surface area contributed by atoms with E-state index in [0.717, 1.165) is 68.2 Å². The predicted octanol–water partition coefficient (Wildman–Crippen LogP) is 8.00. The maximum absolute atomic E-state index is 14.9. The van der Waals surface area contributed by atoms with Crippen molar-refractivity contribution in [3.8, 4) is 17.4 Å². The van der Waals surface area contributed by atoms with Crippen molar-refractivity contribution in [3.63, 3.8) is 0 Å². The van der Waals surface area contributed by atoms with E-state index in [0.29, 0.717) is 80.9 Å². The van der Waals surface area contributed by atoms with Crippen LogP contribution in [0.4, 0.5) is 28.4 Å². The number of carbonyl (C=O) groups is 1. The number of nitrogens with zero attached hydrogens (tertiary/aromatic N) is 5. The number of aromatic nitrogens is 2. The Labute approximate surface area is 436 Å². The van der Waals surface area contributed by atoms with Crippen LogP contribution < -0.4 is 34.0 Å². The number of piperidine rings is 1. The fourth-order valence-corrected chi connectivity index (χ4v) is 14.0. The summed E-state index contributed by atoms with van der Waals surface area (Å²) in [4.78, 5) is 41.4. The van der Waals surface area contributed by atoms with E-state index in [9.17, 15) is 28.4 Å². The van der Waals surface area contributed by atoms with Crippen molar-refractivity contribution in [2.24, 2.45) is 11.3 Å². The van der Waals surface area contributed by atoms with Gasteiger partial charge in [-0.15, -0.1) is 0 Å². The molecule has 7 aliphatic rings. The van der Waals surface area contributed by atoms with Crippen molar-refractivity contribution in [1.82, 2.24) is 19.6 Å². The Morgan fingerprint density at radius 2 is 1.73 bits per heavy atom. The van der Waals surface area contributed by atoms with Gasteiger partial charge < -0.3 is 48.9 Å². The van der Waals surface area contributed by atoms with Gasteiger partial charge in [-0.1, -0.05) is 18.2 Å². The minimum absolute atomic E-state index is 0.00387. The van der Waals surface area contributed by atoms with Crippen molar-refractivity contribution in [2.75, 3.05) is 67.8 Å². The van der Waals surface area contributed by atoms with E-state index in [-0.39, 0.29) is 65.8 Å². The van der Waals surface area contributed by atoms with E-state index in [1.807, 2.05) is 37.3 Å². The number of pyridine rings is 1. The summed E-state index contributed by atoms with van der Waals surface area (Å²) in [5, 5.41) is 27.2. The van der Waals surface area contributed by atoms with Crippen LogP contribution in [0.1, 0.15) is 101 Å². The molecular formula is C55H66N8O11S. The Hall–Kier alpha value is -6.19. The standard InChI is InChI=1S/C55H66N8O11S/c1-33(2)73-47-7-5-4-6-39(47)46-31-71-23-21-61(46)37-28-55(29-37)16-19-60(20-17-55)36-8-9-40(43(25-36)62-42-13-22-70-32-49(42)74-53-45(62)24-35-12-18-56-51(35)58-53)52(64)59-75(68,69)38-26-44(63(66)67)50-48(27-38)72-30-41(57-50)34-10-14-54(3,65)15-11-34/h4-9,12,18,24-27,33-34,37,41-42,46,49,57,65H,10-11,13-17,19-23,28-32H2,1-3H3,(H,56,58)(H,59,64)/t34?,41-,42+,46+,49+,54?/m1/s1. The van der Waals surface area contributed by atoms with E-state index in [1.54, 1.807) is 12.3 Å². The maximum atomic E-state index is 14.9. The highest BCUT2D eigenvalue weighted by Crippen LogP contribution is 2.54. The maximum Gasteiger partial charge on any atom is 0.297 e. The number of benzene rings is 3. The van der Waals surface area contributed by atoms with Gasteiger partial charge in [0.05, 0.1) is 70.7 Å². The van der Waals surface area contributed by atoms with Crippen LogP contribution in [0.2, 0.25) is 0 Å². The minimum atomic E-state index is -4.72. The molecule has 7 heterocycles. The second kappa shape index (κ2) is 19.4. The molecule has 1 amide bonds. The molecular weight excluding hydrogens is 981 g/mol. The average Bonchev–Trinajstić information content (AvgIpc) is 3.87. The number of anilines is 4. The number of nitro groups is 1. The highest BCUT2D eigenvalue weighted by molar-refractivity contribution is 7.90. The number of aromatic amines is 1. The fraction of sp³-hybridized carbons (Fsp3) is 0.527. The van der Waals surface area contributed by atoms with Gasteiger partial charge >= 0.3 is 0 Å². The Morgan fingerprint density at radius 1 is 0.947 bits per heavy atom. The monoisotopic (exact) mass is 1050 g/mol. The molecule has 0 radical (unpaired) electrons. The Bertz CT molecular complexity index is 3100. The lowest BCUT2D eigenvalue weighted by molar-refractivity contribution is -0.384. The van der Waals surface area contributed by atoms with Crippen LogP contribution >= 0.6 is 0 Å². The first-order valence-electron chi connectivity index (χ1n) is 26.6. The number of nitro benzene ring substituents is 1. The van der Waals surface area contributed by atoms with Gasteiger partial charge in [0.15, 0.2) is 11.4 Å². The molecule has 5 fully saturated rings. The van der Waals surface area contributed by atoms with Crippen LogP contribution in [0, 0.1) is 21.4 Å². The van der Waals surface area contributed by atoms with Crippen LogP contribution in [-0.4, -0.2) is 128 Å². The van der Waals surface area contributed by atoms with Crippen LogP contribution in [0.3, 0.4) is 0 Å². The number of ether oxygens (including phenoxy) is 5. The van der Waals surface area contributed by atoms with Crippen LogP contribution in [0.25, 0.3) is 11.0 Å². The van der Waals surface area contributed by atoms with Crippen molar-refractivity contribution in [3.05, 3.63) is 94.2 Å². The number of fused-ring (bicyclic) bond motifs is 4. The summed E-state index contributed by atoms with van der Waals surface area (Å²) in [6.07, 6.45) is 8.76. The number of rotatable bonds is 11. The number of hydrogen-bond acceptors (Lipinski definition) is 16. The van der Waals surface area contributed by atoms with Crippen molar-refractivity contribution < 1.29 is 46.9 Å². The van der Waals surface area contributed by atoms with Crippen LogP contribution in [0.5, 0.6) is 17.4 Å². The SMILES string of the molecule is CC(C)Oc1ccccc1[C@@H]1COCCN1C1CC2(CCN(c3ccc(C(=O)NS(=O)(=O)c4cc5c(c([N+](=O)[O-])c4)N[C@@H](C4CCC(C)(O)CC4)CO5)c(N4c5cc6cc[nH]c6nc5O[C@H]5COCC[C@@H]54)c3)CC2)C1. The van der Waals surface area contributed by atoms with E-state index in [2.05, 4.69) is 61.8 Å². The first kappa shape index (κ1) is 49.7. The molecule has 20 heteroatoms. The number of carbonyl (C=O) groups excluding carboxylic acids is 1. The highest BCUT2D eigenvalue weighted by Gasteiger charge is 2.50. The summed E-state index contributed by atoms with van der Waals surface area (Å²) in [6, 6.07) is 19.9. The predicted molar refractivity (Wildman–Crippen MR) is 281 cm³/mol. The molecule has 5 aliphatic heterocycles. The smallest absolute Gasteiger partial charge is 0.297 e. The first-order valence-corrected chi connectivity index (χ1v) is 28.1. The number of aliphatic hydroxyl groups is 1. The number of hydrogen-bond donors (Lipinski definition) is 4. The van der Waals surface area contributed by atoms with Gasteiger partial charge in [0.2, 0.25) is 5.88 Å². The Balaban J connectivity index is 0.826. The molecule has 3 saturated heterocycles. The van der Waals surface area contributed by atoms with E-state index in [1.165, 1.54) is 11.6 Å². The summed E-state index contributed by atoms with van der Waals surface area (Å²) in [6.45, 7) is 10.6. The molecule has 398 valence electrons. The topological polar surface area (TPSA) is 223 Å². The molecule has 2 saturated carbocycles. The fourth-order valence-electron chi connectivity index (χ4n) is 13.0. The number of morpholine rings is 1. The lowest BCUT2D eigenvalue weighted by Crippen LogP contribution is -2.57. The molecule has 19 nitrogen and oxygen atoms in total. The lowest BCUT2D eigenvalue weighted by Gasteiger charge is -2.57. The van der Waals surface area contributed by atoms with Gasteiger partial charge in [-0.3, -0.25) is 19.8 Å². The second-order valence-electron chi connectivity index (χ2n) is 22.4. The molecule has 4 atom stereocenters. The summed E-state index contributed by atoms with van der Waals surface area (Å²) >= 11 is 0. The summed E-state index contributed by atoms with van der Waals surface area (Å²) in [5.74, 6) is 0.457. The van der Waals surface area contributed by atoms with Gasteiger partial charge in [0, 0.05) is 67.2 Å². The third-order valence-corrected chi connectivity index (χ3v) is 18.4. The zero-order valence-electron chi connectivity index (χ0n) is 42.7. The minimum Gasteiger partial charge on any atom is -0.491 e. The zero-order valence-corrected chi connectivity index (χ0v) is 43.5. The van der Waals surface area contributed by atoms with Crippen LogP contribution in [0.15, 0.2) is 77.8 Å². The Kier molecular flexibility index (Phi) is 12.9. The van der Waals surface area contributed by atoms with Gasteiger partial charge in [0.25, 0.3) is 21.6 Å². The number of amides is 1. The third-order valence-electron chi connectivity index (χ3n) is 17.1. The van der Waals surface area contributed by atoms with E-state index < -0.39 is 43.1 Å². The molecule has 2 aromatic heterocycles. The Morgan fingerprint density at radius 3 is 2.52 bits per heavy atom. The molecule has 75 heavy (non-hydrogen) atoms. The summed E-state index contributed by atoms with van der Waals surface area (Å²) in [5.41, 5.74) is 2.93. The molecule has 5 aromatic rings. The van der Waals surface area contributed by atoms with E-state index >= 15 is 0 Å². The molecule has 1 spiro atoms. The molecule has 3 aromatic carbocycles. The number of H-pyrrole nitrogens is 1. The van der Waals surface area contributed by atoms with Gasteiger partial charge in [0.1, 0.15) is 29.8 Å². The molecule has 2 aliphatic carbocycles. The number of sulfonamides is 1. The van der Waals surface area contributed by atoms with Gasteiger partial charge in [-0.25, -0.2) is 13.1 Å². The lowest BCUT2D eigenvalue weighted by atomic mass is 9.59. The third kappa shape index (κ3) is 9.50. The van der Waals surface area contributed by atoms with Crippen LogP contribution in [-0.2, 0) is 19.5 Å². The largest absolute Gasteiger partial charge is 0.491 e. The van der Waals surface area contributed by atoms with Crippen molar-refractivity contribution in [1.29, 1.82) is 0 Å². The zero-order chi connectivity index (χ0) is 51.8. The van der Waals surface area contributed by atoms with Gasteiger partial charge in [-0.05, 0) is 126 Å². The van der Waals surface area contributed by atoms with Gasteiger partial charge in [-0.2, -0.15) is 4.98 Å². The highest BCUT2D eigenvalue weighted by atomic mass is 32.2. The van der Waals surface area contributed by atoms with Crippen molar-refractivity contribution >= 4 is 55.4 Å². The first-order chi connectivity index (χ1) is 36.1. The quantitative estimate of drug-likeness (QED) is 0.0727. The normalized spacial score (nSPS) is 26.8. The summed E-state index contributed by atoms with van der Waals surface area (Å²) in [7, 11) is -4.72. The molecule has 12 rings (SSSR count).